The fourth-order valence-corrected chi connectivity index (χ4v) is 6.06. The SMILES string of the molecule is COCOc1cc(C(F)(F)F)ccc1OC1CCN(c2ccc(C(F)(F)F)cn2)CC1.Oc1cc(C(F)(F)F)ccc1OC1CCN(c2ccc(C(F)(F)F)cn2)CC1. The third-order valence-corrected chi connectivity index (χ3v) is 9.16. The molecule has 2 aliphatic heterocycles. The lowest BCUT2D eigenvalue weighted by Gasteiger charge is -2.33. The van der Waals surface area contributed by atoms with Crippen LogP contribution in [0.4, 0.5) is 64.3 Å². The summed E-state index contributed by atoms with van der Waals surface area (Å²) in [5, 5.41) is 9.77. The molecule has 2 fully saturated rings. The Hall–Kier alpha value is -5.34. The third-order valence-electron chi connectivity index (χ3n) is 9.16. The van der Waals surface area contributed by atoms with Gasteiger partial charge in [-0.3, -0.25) is 0 Å². The number of alkyl halides is 12. The van der Waals surface area contributed by atoms with Gasteiger partial charge in [0.15, 0.2) is 29.8 Å². The highest BCUT2D eigenvalue weighted by molar-refractivity contribution is 5.45. The molecule has 2 aromatic carbocycles. The summed E-state index contributed by atoms with van der Waals surface area (Å²) in [6, 6.07) is 10.0. The maximum atomic E-state index is 13.0. The molecule has 2 aromatic heterocycles. The van der Waals surface area contributed by atoms with Crippen LogP contribution in [0.1, 0.15) is 47.9 Å². The van der Waals surface area contributed by atoms with E-state index in [4.69, 9.17) is 18.9 Å². The van der Waals surface area contributed by atoms with Gasteiger partial charge in [-0.1, -0.05) is 0 Å². The Morgan fingerprint density at radius 3 is 1.31 bits per heavy atom. The van der Waals surface area contributed by atoms with E-state index in [-0.39, 0.29) is 36.2 Å². The Labute approximate surface area is 329 Å². The Morgan fingerprint density at radius 2 is 0.932 bits per heavy atom. The Morgan fingerprint density at radius 1 is 0.542 bits per heavy atom. The number of benzene rings is 2. The largest absolute Gasteiger partial charge is 0.504 e. The van der Waals surface area contributed by atoms with Crippen molar-refractivity contribution in [3.8, 4) is 23.0 Å². The lowest BCUT2D eigenvalue weighted by atomic mass is 10.1. The molecule has 1 N–H and O–H groups in total. The molecule has 322 valence electrons. The minimum absolute atomic E-state index is 0.0425. The molecule has 2 aliphatic rings. The number of phenolic OH excluding ortho intramolecular Hbond substituents is 1. The number of hydrogen-bond donors (Lipinski definition) is 1. The number of aromatic nitrogens is 2. The summed E-state index contributed by atoms with van der Waals surface area (Å²) < 4.78 is 174. The monoisotopic (exact) mass is 856 g/mol. The van der Waals surface area contributed by atoms with Crippen LogP contribution in [0.2, 0.25) is 0 Å². The first kappa shape index (κ1) is 44.8. The van der Waals surface area contributed by atoms with E-state index in [0.717, 1.165) is 48.8 Å². The summed E-state index contributed by atoms with van der Waals surface area (Å²) in [5.41, 5.74) is -3.48. The molecule has 0 unspecified atom stereocenters. The van der Waals surface area contributed by atoms with Crippen LogP contribution in [0.5, 0.6) is 23.0 Å². The van der Waals surface area contributed by atoms with Crippen LogP contribution in [0.15, 0.2) is 73.1 Å². The Balaban J connectivity index is 0.000000225. The highest BCUT2D eigenvalue weighted by atomic mass is 19.4. The van der Waals surface area contributed by atoms with Crippen molar-refractivity contribution < 1.29 is 76.7 Å². The van der Waals surface area contributed by atoms with Crippen LogP contribution < -0.4 is 24.0 Å². The van der Waals surface area contributed by atoms with E-state index in [1.807, 2.05) is 4.90 Å². The van der Waals surface area contributed by atoms with Crippen molar-refractivity contribution in [2.45, 2.75) is 62.6 Å². The second-order valence-electron chi connectivity index (χ2n) is 13.3. The number of methoxy groups -OCH3 is 1. The van der Waals surface area contributed by atoms with Crippen molar-refractivity contribution in [3.63, 3.8) is 0 Å². The minimum atomic E-state index is -4.56. The van der Waals surface area contributed by atoms with Gasteiger partial charge in [-0.15, -0.1) is 0 Å². The van der Waals surface area contributed by atoms with E-state index in [2.05, 4.69) is 9.97 Å². The average Bonchev–Trinajstić information content (AvgIpc) is 3.18. The summed E-state index contributed by atoms with van der Waals surface area (Å²) in [5.74, 6) is 0.273. The van der Waals surface area contributed by atoms with Crippen LogP contribution in [-0.2, 0) is 29.4 Å². The fraction of sp³-hybridized carbons (Fsp3) is 0.421. The van der Waals surface area contributed by atoms with Crippen molar-refractivity contribution in [2.24, 2.45) is 0 Å². The second-order valence-corrected chi connectivity index (χ2v) is 13.3. The molecule has 0 atom stereocenters. The lowest BCUT2D eigenvalue weighted by molar-refractivity contribution is -0.138. The highest BCUT2D eigenvalue weighted by Gasteiger charge is 2.35. The lowest BCUT2D eigenvalue weighted by Crippen LogP contribution is -2.38. The number of phenols is 1. The van der Waals surface area contributed by atoms with Crippen LogP contribution >= 0.6 is 0 Å². The van der Waals surface area contributed by atoms with Crippen molar-refractivity contribution in [3.05, 3.63) is 95.3 Å². The molecule has 9 nitrogen and oxygen atoms in total. The summed E-state index contributed by atoms with van der Waals surface area (Å²) >= 11 is 0. The smallest absolute Gasteiger partial charge is 0.417 e. The van der Waals surface area contributed by atoms with Gasteiger partial charge in [-0.2, -0.15) is 52.7 Å². The number of rotatable bonds is 9. The van der Waals surface area contributed by atoms with E-state index in [1.54, 1.807) is 4.90 Å². The molecule has 0 bridgehead atoms. The molecule has 0 saturated carbocycles. The molecular weight excluding hydrogens is 820 g/mol. The zero-order chi connectivity index (χ0) is 43.2. The number of piperidine rings is 2. The van der Waals surface area contributed by atoms with Gasteiger partial charge in [-0.05, 0) is 60.7 Å². The van der Waals surface area contributed by atoms with E-state index in [0.29, 0.717) is 69.6 Å². The van der Waals surface area contributed by atoms with Gasteiger partial charge in [-0.25, -0.2) is 9.97 Å². The number of ether oxygens (including phenoxy) is 4. The maximum Gasteiger partial charge on any atom is 0.417 e. The summed E-state index contributed by atoms with van der Waals surface area (Å²) in [4.78, 5) is 11.4. The molecule has 0 radical (unpaired) electrons. The van der Waals surface area contributed by atoms with E-state index >= 15 is 0 Å². The Kier molecular flexibility index (Phi) is 13.9. The zero-order valence-electron chi connectivity index (χ0n) is 30.9. The third kappa shape index (κ3) is 12.3. The predicted octanol–water partition coefficient (Wildman–Crippen LogP) is 10.0. The molecule has 0 amide bonds. The number of halogens is 12. The Bertz CT molecular complexity index is 1960. The second kappa shape index (κ2) is 18.3. The van der Waals surface area contributed by atoms with E-state index < -0.39 is 52.7 Å². The van der Waals surface area contributed by atoms with Crippen LogP contribution in [0.3, 0.4) is 0 Å². The molecule has 0 aliphatic carbocycles. The van der Waals surface area contributed by atoms with Crippen molar-refractivity contribution >= 4 is 11.6 Å². The maximum absolute atomic E-state index is 13.0. The molecular formula is C38H36F12N4O5. The van der Waals surface area contributed by atoms with Gasteiger partial charge in [0, 0.05) is 71.4 Å². The van der Waals surface area contributed by atoms with Crippen LogP contribution in [0, 0.1) is 0 Å². The van der Waals surface area contributed by atoms with Crippen LogP contribution in [0.25, 0.3) is 0 Å². The van der Waals surface area contributed by atoms with Crippen molar-refractivity contribution in [1.29, 1.82) is 0 Å². The normalized spacial score (nSPS) is 16.0. The average molecular weight is 857 g/mol. The first-order valence-electron chi connectivity index (χ1n) is 17.7. The summed E-state index contributed by atoms with van der Waals surface area (Å²) in [7, 11) is 1.35. The number of nitrogens with zero attached hydrogens (tertiary/aromatic N) is 4. The van der Waals surface area contributed by atoms with E-state index in [1.165, 1.54) is 25.3 Å². The summed E-state index contributed by atoms with van der Waals surface area (Å²) in [6.45, 7) is 1.60. The molecule has 6 rings (SSSR count). The molecule has 4 aromatic rings. The van der Waals surface area contributed by atoms with Gasteiger partial charge >= 0.3 is 24.7 Å². The number of anilines is 2. The number of pyridine rings is 2. The minimum Gasteiger partial charge on any atom is -0.504 e. The number of hydrogen-bond acceptors (Lipinski definition) is 9. The quantitative estimate of drug-likeness (QED) is 0.131. The standard InChI is InChI=1S/C20H20F6N2O3.C18H16F6N2O2/c1-29-12-30-17-10-13(19(21,22)23)2-4-16(17)31-15-6-8-28(9-7-15)18-5-3-14(11-27-18)20(24,25)26;19-17(20,21)11-1-3-15(14(27)9-11)28-13-5-7-26(8-6-13)16-4-2-12(10-25-16)18(22,23)24/h2-5,10-11,15H,6-9,12H2,1H3;1-4,9-10,13,27H,5-8H2. The zero-order valence-corrected chi connectivity index (χ0v) is 30.9. The molecule has 21 heteroatoms. The van der Waals surface area contributed by atoms with Crippen LogP contribution in [-0.4, -0.2) is 67.4 Å². The predicted molar refractivity (Wildman–Crippen MR) is 187 cm³/mol. The highest BCUT2D eigenvalue weighted by Crippen LogP contribution is 2.39. The van der Waals surface area contributed by atoms with Gasteiger partial charge in [0.05, 0.1) is 22.3 Å². The van der Waals surface area contributed by atoms with Gasteiger partial charge in [0.25, 0.3) is 0 Å². The molecule has 2 saturated heterocycles. The molecule has 0 spiro atoms. The first-order valence-corrected chi connectivity index (χ1v) is 17.7. The van der Waals surface area contributed by atoms with Gasteiger partial charge < -0.3 is 33.9 Å². The van der Waals surface area contributed by atoms with Gasteiger partial charge in [0.1, 0.15) is 23.8 Å². The number of aromatic hydroxyl groups is 1. The first-order chi connectivity index (χ1) is 27.6. The molecule has 4 heterocycles. The molecule has 59 heavy (non-hydrogen) atoms. The van der Waals surface area contributed by atoms with E-state index in [9.17, 15) is 57.8 Å². The summed E-state index contributed by atoms with van der Waals surface area (Å²) in [6.07, 6.45) is -15.1. The van der Waals surface area contributed by atoms with Gasteiger partial charge in [0.2, 0.25) is 0 Å². The van der Waals surface area contributed by atoms with Crippen molar-refractivity contribution in [1.82, 2.24) is 9.97 Å². The topological polar surface area (TPSA) is 89.4 Å². The fourth-order valence-electron chi connectivity index (χ4n) is 6.06. The van der Waals surface area contributed by atoms with Crippen molar-refractivity contribution in [2.75, 3.05) is 49.9 Å².